The molecule has 30 heavy (non-hydrogen) atoms. The summed E-state index contributed by atoms with van der Waals surface area (Å²) in [4.78, 5) is 25.1. The third kappa shape index (κ3) is 3.33. The van der Waals surface area contributed by atoms with Crippen LogP contribution in [0, 0.1) is 40.4 Å². The predicted molar refractivity (Wildman–Crippen MR) is 119 cm³/mol. The van der Waals surface area contributed by atoms with Crippen molar-refractivity contribution in [2.75, 3.05) is 13.7 Å². The monoisotopic (exact) mass is 415 g/mol. The van der Waals surface area contributed by atoms with E-state index in [1.807, 2.05) is 0 Å². The fourth-order valence-corrected chi connectivity index (χ4v) is 8.46. The van der Waals surface area contributed by atoms with E-state index in [2.05, 4.69) is 36.9 Å². The van der Waals surface area contributed by atoms with Crippen LogP contribution >= 0.6 is 0 Å². The van der Waals surface area contributed by atoms with E-state index in [-0.39, 0.29) is 17.4 Å². The number of ketones is 1. The van der Waals surface area contributed by atoms with Gasteiger partial charge in [0, 0.05) is 12.5 Å². The van der Waals surface area contributed by atoms with Gasteiger partial charge in [0.25, 0.3) is 0 Å². The molecule has 4 nitrogen and oxygen atoms in total. The van der Waals surface area contributed by atoms with Gasteiger partial charge in [-0.1, -0.05) is 32.8 Å². The second kappa shape index (κ2) is 8.31. The second-order valence-electron chi connectivity index (χ2n) is 11.0. The van der Waals surface area contributed by atoms with E-state index < -0.39 is 0 Å². The lowest BCUT2D eigenvalue weighted by Crippen LogP contribution is -2.57. The zero-order valence-corrected chi connectivity index (χ0v) is 19.5. The molecule has 1 N–H and O–H groups in total. The van der Waals surface area contributed by atoms with Crippen LogP contribution in [0.2, 0.25) is 0 Å². The van der Waals surface area contributed by atoms with Crippen LogP contribution < -0.4 is 5.32 Å². The molecule has 4 rings (SSSR count). The highest BCUT2D eigenvalue weighted by atomic mass is 16.5. The Morgan fingerprint density at radius 2 is 1.87 bits per heavy atom. The van der Waals surface area contributed by atoms with Gasteiger partial charge < -0.3 is 10.1 Å². The molecule has 0 aromatic rings. The average Bonchev–Trinajstić information content (AvgIpc) is 3.07. The van der Waals surface area contributed by atoms with Gasteiger partial charge in [-0.2, -0.15) is 0 Å². The number of Topliss-reactive ketones (excluding diaryl/α,β-unsaturated/α-hetero) is 1. The molecule has 4 heteroatoms. The highest BCUT2D eigenvalue weighted by molar-refractivity contribution is 5.99. The summed E-state index contributed by atoms with van der Waals surface area (Å²) in [5.41, 5.74) is 1.77. The van der Waals surface area contributed by atoms with E-state index in [0.717, 1.165) is 12.8 Å². The molecule has 0 bridgehead atoms. The lowest BCUT2D eigenvalue weighted by Gasteiger charge is -2.60. The van der Waals surface area contributed by atoms with Crippen molar-refractivity contribution in [3.8, 4) is 0 Å². The summed E-state index contributed by atoms with van der Waals surface area (Å²) in [5, 5.41) is 2.82. The number of hydrogen-bond donors (Lipinski definition) is 1. The Labute approximate surface area is 182 Å². The zero-order chi connectivity index (χ0) is 21.5. The Balaban J connectivity index is 1.52. The minimum Gasteiger partial charge on any atom is -0.453 e. The smallest absolute Gasteiger partial charge is 0.406 e. The molecule has 0 heterocycles. The first-order valence-corrected chi connectivity index (χ1v) is 12.4. The normalized spacial score (nSPS) is 44.2. The van der Waals surface area contributed by atoms with Crippen molar-refractivity contribution >= 4 is 11.9 Å². The topological polar surface area (TPSA) is 55.4 Å². The number of carbonyl (C=O) groups is 2. The van der Waals surface area contributed by atoms with Crippen LogP contribution in [0.5, 0.6) is 0 Å². The van der Waals surface area contributed by atoms with Crippen molar-refractivity contribution < 1.29 is 14.3 Å². The minimum atomic E-state index is -0.340. The fraction of sp³-hybridized carbons (Fsp3) is 0.846. The van der Waals surface area contributed by atoms with E-state index >= 15 is 0 Å². The van der Waals surface area contributed by atoms with E-state index in [1.165, 1.54) is 64.0 Å². The van der Waals surface area contributed by atoms with Crippen LogP contribution in [0.15, 0.2) is 11.6 Å². The quantitative estimate of drug-likeness (QED) is 0.459. The van der Waals surface area contributed by atoms with Crippen LogP contribution in [-0.2, 0) is 9.53 Å². The van der Waals surface area contributed by atoms with Crippen LogP contribution in [-0.4, -0.2) is 25.5 Å². The summed E-state index contributed by atoms with van der Waals surface area (Å²) in [6, 6.07) is 0. The molecule has 0 saturated heterocycles. The van der Waals surface area contributed by atoms with E-state index in [0.29, 0.717) is 41.4 Å². The Bertz CT molecular complexity index is 715. The Hall–Kier alpha value is -1.32. The van der Waals surface area contributed by atoms with Crippen molar-refractivity contribution in [2.45, 2.75) is 85.0 Å². The first-order valence-electron chi connectivity index (χ1n) is 12.4. The minimum absolute atomic E-state index is 0.243. The molecule has 0 aromatic heterocycles. The molecule has 4 aliphatic rings. The van der Waals surface area contributed by atoms with Crippen molar-refractivity contribution in [3.63, 3.8) is 0 Å². The highest BCUT2D eigenvalue weighted by Gasteiger charge is 2.63. The molecular weight excluding hydrogens is 374 g/mol. The number of hydrogen-bond acceptors (Lipinski definition) is 3. The third-order valence-corrected chi connectivity index (χ3v) is 10.0. The predicted octanol–water partition coefficient (Wildman–Crippen LogP) is 5.91. The van der Waals surface area contributed by atoms with Gasteiger partial charge in [-0.05, 0) is 98.4 Å². The number of allylic oxidation sites excluding steroid dienone is 2. The van der Waals surface area contributed by atoms with Crippen LogP contribution in [0.25, 0.3) is 0 Å². The summed E-state index contributed by atoms with van der Waals surface area (Å²) in [6.07, 6.45) is 14.0. The first kappa shape index (κ1) is 21.9. The maximum Gasteiger partial charge on any atom is 0.406 e. The van der Waals surface area contributed by atoms with Crippen molar-refractivity contribution in [1.29, 1.82) is 0 Å². The molecule has 4 saturated carbocycles. The summed E-state index contributed by atoms with van der Waals surface area (Å²) in [6.45, 7) is 7.78. The Morgan fingerprint density at radius 1 is 1.10 bits per heavy atom. The number of rotatable bonds is 4. The number of carbonyl (C=O) groups excluding carboxylic acids is 2. The van der Waals surface area contributed by atoms with Crippen molar-refractivity contribution in [2.24, 2.45) is 40.4 Å². The van der Waals surface area contributed by atoms with Gasteiger partial charge in [0.1, 0.15) is 0 Å². The van der Waals surface area contributed by atoms with Gasteiger partial charge in [0.05, 0.1) is 7.11 Å². The number of amides is 1. The van der Waals surface area contributed by atoms with Gasteiger partial charge >= 0.3 is 6.09 Å². The fourth-order valence-electron chi connectivity index (χ4n) is 8.46. The molecule has 0 radical (unpaired) electrons. The summed E-state index contributed by atoms with van der Waals surface area (Å²) in [5.74, 6) is 3.04. The van der Waals surface area contributed by atoms with Crippen molar-refractivity contribution in [1.82, 2.24) is 5.32 Å². The lowest BCUT2D eigenvalue weighted by atomic mass is 9.43. The number of fused-ring (bicyclic) bond motifs is 5. The van der Waals surface area contributed by atoms with Crippen molar-refractivity contribution in [3.05, 3.63) is 11.6 Å². The van der Waals surface area contributed by atoms with Gasteiger partial charge in [0.2, 0.25) is 0 Å². The summed E-state index contributed by atoms with van der Waals surface area (Å²) < 4.78 is 4.68. The average molecular weight is 416 g/mol. The molecule has 0 aromatic carbocycles. The molecule has 0 aliphatic heterocycles. The second-order valence-corrected chi connectivity index (χ2v) is 11.0. The third-order valence-electron chi connectivity index (χ3n) is 10.0. The molecule has 7 atom stereocenters. The molecular formula is C26H41NO3. The van der Waals surface area contributed by atoms with Crippen LogP contribution in [0.3, 0.4) is 0 Å². The molecule has 6 unspecified atom stereocenters. The largest absolute Gasteiger partial charge is 0.453 e. The standard InChI is InChI=1S/C26H41NO3/c1-5-18-19-10-6-7-14-26(19,3)21-13-15-25(2)17(9-8-16-27-24(29)30-4)11-12-20(25)22(21)23(18)28/h5,17,19-22H,6-16H2,1-4H3,(H,27,29)/b18-5+/t17-,19?,20?,21?,22?,25?,26?/m0/s1. The number of alkyl carbamates (subject to hydrolysis) is 1. The molecule has 1 amide bonds. The van der Waals surface area contributed by atoms with E-state index in [1.54, 1.807) is 0 Å². The van der Waals surface area contributed by atoms with Gasteiger partial charge in [-0.15, -0.1) is 0 Å². The summed E-state index contributed by atoms with van der Waals surface area (Å²) in [7, 11) is 1.41. The number of methoxy groups -OCH3 is 1. The highest BCUT2D eigenvalue weighted by Crippen LogP contribution is 2.67. The lowest BCUT2D eigenvalue weighted by molar-refractivity contribution is -0.145. The van der Waals surface area contributed by atoms with E-state index in [9.17, 15) is 9.59 Å². The molecule has 4 fully saturated rings. The Kier molecular flexibility index (Phi) is 6.07. The molecule has 4 aliphatic carbocycles. The number of ether oxygens (including phenoxy) is 1. The maximum atomic E-state index is 13.8. The first-order chi connectivity index (χ1) is 14.4. The maximum absolute atomic E-state index is 13.8. The van der Waals surface area contributed by atoms with Gasteiger partial charge in [0.15, 0.2) is 5.78 Å². The van der Waals surface area contributed by atoms with Crippen LogP contribution in [0.1, 0.15) is 85.0 Å². The van der Waals surface area contributed by atoms with Gasteiger partial charge in [-0.25, -0.2) is 4.79 Å². The number of nitrogens with one attached hydrogen (secondary N) is 1. The molecule has 0 spiro atoms. The van der Waals surface area contributed by atoms with Crippen LogP contribution in [0.4, 0.5) is 4.79 Å². The SMILES string of the molecule is C/C=C1/C(=O)C2C(CCC3(C)C2CC[C@@H]3CCCNC(=O)OC)C2(C)CCCCC12. The Morgan fingerprint density at radius 3 is 2.60 bits per heavy atom. The summed E-state index contributed by atoms with van der Waals surface area (Å²) >= 11 is 0. The molecule has 168 valence electrons. The zero-order valence-electron chi connectivity index (χ0n) is 19.5. The van der Waals surface area contributed by atoms with Gasteiger partial charge in [-0.3, -0.25) is 4.79 Å². The van der Waals surface area contributed by atoms with E-state index in [4.69, 9.17) is 0 Å².